The number of anilines is 1. The predicted octanol–water partition coefficient (Wildman–Crippen LogP) is 2.61. The molecule has 6 heteroatoms. The molecule has 1 aliphatic heterocycles. The maximum Gasteiger partial charge on any atom is 0.251 e. The lowest BCUT2D eigenvalue weighted by atomic mass is 10.0. The average molecular weight is 383 g/mol. The summed E-state index contributed by atoms with van der Waals surface area (Å²) in [7, 11) is 0. The van der Waals surface area contributed by atoms with Gasteiger partial charge in [-0.05, 0) is 62.1 Å². The Morgan fingerprint density at radius 3 is 2.79 bits per heavy atom. The summed E-state index contributed by atoms with van der Waals surface area (Å²) in [6.45, 7) is 4.74. The third kappa shape index (κ3) is 5.09. The number of aryl methyl sites for hydroxylation is 1. The van der Waals surface area contributed by atoms with E-state index in [1.165, 1.54) is 12.8 Å². The summed E-state index contributed by atoms with van der Waals surface area (Å²) in [6.07, 6.45) is 6.09. The second-order valence-electron chi connectivity index (χ2n) is 7.48. The van der Waals surface area contributed by atoms with Gasteiger partial charge in [-0.25, -0.2) is 4.98 Å². The molecule has 150 valence electrons. The van der Waals surface area contributed by atoms with Gasteiger partial charge < -0.3 is 16.2 Å². The number of nitrogens with two attached hydrogens (primary N) is 1. The number of aliphatic hydroxyl groups excluding tert-OH is 1. The number of aromatic nitrogens is 1. The summed E-state index contributed by atoms with van der Waals surface area (Å²) in [5, 5.41) is 12.5. The number of hydrogen-bond acceptors (Lipinski definition) is 5. The average Bonchev–Trinajstić information content (AvgIpc) is 2.73. The number of piperidine rings is 1. The minimum Gasteiger partial charge on any atom is -0.395 e. The fourth-order valence-electron chi connectivity index (χ4n) is 3.70. The molecule has 1 aromatic carbocycles. The summed E-state index contributed by atoms with van der Waals surface area (Å²) >= 11 is 0. The lowest BCUT2D eigenvalue weighted by Crippen LogP contribution is -2.43. The van der Waals surface area contributed by atoms with Crippen molar-refractivity contribution in [2.24, 2.45) is 0 Å². The Balaban J connectivity index is 1.48. The van der Waals surface area contributed by atoms with Crippen LogP contribution in [0.5, 0.6) is 0 Å². The second kappa shape index (κ2) is 9.66. The van der Waals surface area contributed by atoms with Crippen molar-refractivity contribution >= 4 is 11.7 Å². The summed E-state index contributed by atoms with van der Waals surface area (Å²) in [5.74, 6) is 0.477. The van der Waals surface area contributed by atoms with Crippen LogP contribution in [-0.2, 0) is 0 Å². The highest BCUT2D eigenvalue weighted by atomic mass is 16.3. The van der Waals surface area contributed by atoms with Gasteiger partial charge in [-0.1, -0.05) is 18.6 Å². The van der Waals surface area contributed by atoms with E-state index in [0.717, 1.165) is 42.6 Å². The number of rotatable bonds is 7. The topological polar surface area (TPSA) is 91.5 Å². The Morgan fingerprint density at radius 2 is 2.07 bits per heavy atom. The molecule has 2 aromatic rings. The standard InChI is InChI=1S/C22H30N4O2/c1-16-13-19(14-25-21(16)23)17-6-8-18(9-7-17)22(28)24-10-4-12-26-11-3-2-5-20(26)15-27/h6-9,13-14,20,27H,2-5,10-12,15H2,1H3,(H2,23,25)(H,24,28)/t20-/m0/s1. The van der Waals surface area contributed by atoms with Crippen molar-refractivity contribution in [2.45, 2.75) is 38.6 Å². The molecule has 0 saturated carbocycles. The Kier molecular flexibility index (Phi) is 7.01. The van der Waals surface area contributed by atoms with Crippen LogP contribution >= 0.6 is 0 Å². The summed E-state index contributed by atoms with van der Waals surface area (Å²) in [5.41, 5.74) is 9.35. The fourth-order valence-corrected chi connectivity index (χ4v) is 3.70. The van der Waals surface area contributed by atoms with Crippen molar-refractivity contribution in [1.29, 1.82) is 0 Å². The predicted molar refractivity (Wildman–Crippen MR) is 112 cm³/mol. The van der Waals surface area contributed by atoms with Gasteiger partial charge in [-0.15, -0.1) is 0 Å². The highest BCUT2D eigenvalue weighted by Crippen LogP contribution is 2.22. The number of pyridine rings is 1. The molecule has 0 unspecified atom stereocenters. The highest BCUT2D eigenvalue weighted by molar-refractivity contribution is 5.94. The van der Waals surface area contributed by atoms with Crippen LogP contribution in [0.1, 0.15) is 41.6 Å². The van der Waals surface area contributed by atoms with E-state index in [0.29, 0.717) is 17.9 Å². The minimum absolute atomic E-state index is 0.0597. The van der Waals surface area contributed by atoms with Crippen LogP contribution in [0, 0.1) is 6.92 Å². The molecule has 0 bridgehead atoms. The quantitative estimate of drug-likeness (QED) is 0.640. The zero-order valence-corrected chi connectivity index (χ0v) is 16.5. The van der Waals surface area contributed by atoms with Gasteiger partial charge >= 0.3 is 0 Å². The second-order valence-corrected chi connectivity index (χ2v) is 7.48. The third-order valence-electron chi connectivity index (χ3n) is 5.47. The molecule has 0 aliphatic carbocycles. The Bertz CT molecular complexity index is 792. The molecule has 1 aromatic heterocycles. The van der Waals surface area contributed by atoms with Gasteiger partial charge in [-0.3, -0.25) is 9.69 Å². The van der Waals surface area contributed by atoms with E-state index < -0.39 is 0 Å². The van der Waals surface area contributed by atoms with Gasteiger partial charge in [0, 0.05) is 36.5 Å². The largest absolute Gasteiger partial charge is 0.395 e. The lowest BCUT2D eigenvalue weighted by Gasteiger charge is -2.34. The minimum atomic E-state index is -0.0597. The number of amides is 1. The van der Waals surface area contributed by atoms with Crippen LogP contribution in [0.3, 0.4) is 0 Å². The maximum atomic E-state index is 12.4. The first-order valence-corrected chi connectivity index (χ1v) is 10.0. The maximum absolute atomic E-state index is 12.4. The van der Waals surface area contributed by atoms with E-state index in [1.54, 1.807) is 6.20 Å². The molecule has 0 radical (unpaired) electrons. The van der Waals surface area contributed by atoms with Gasteiger partial charge in [0.15, 0.2) is 0 Å². The van der Waals surface area contributed by atoms with E-state index in [9.17, 15) is 9.90 Å². The zero-order valence-electron chi connectivity index (χ0n) is 16.5. The van der Waals surface area contributed by atoms with Crippen LogP contribution in [0.15, 0.2) is 36.5 Å². The number of nitrogen functional groups attached to an aromatic ring is 1. The normalized spacial score (nSPS) is 17.4. The summed E-state index contributed by atoms with van der Waals surface area (Å²) in [6, 6.07) is 9.81. The molecule has 1 aliphatic rings. The van der Waals surface area contributed by atoms with Crippen molar-refractivity contribution in [3.63, 3.8) is 0 Å². The Labute approximate surface area is 166 Å². The number of likely N-dealkylation sites (tertiary alicyclic amines) is 1. The van der Waals surface area contributed by atoms with Crippen molar-refractivity contribution in [3.8, 4) is 11.1 Å². The molecule has 6 nitrogen and oxygen atoms in total. The number of carbonyl (C=O) groups is 1. The van der Waals surface area contributed by atoms with Crippen molar-refractivity contribution in [2.75, 3.05) is 32.0 Å². The van der Waals surface area contributed by atoms with Gasteiger partial charge in [0.2, 0.25) is 0 Å². The van der Waals surface area contributed by atoms with E-state index in [-0.39, 0.29) is 18.6 Å². The summed E-state index contributed by atoms with van der Waals surface area (Å²) < 4.78 is 0. The number of carbonyl (C=O) groups excluding carboxylic acids is 1. The van der Waals surface area contributed by atoms with Crippen LogP contribution in [0.2, 0.25) is 0 Å². The van der Waals surface area contributed by atoms with Crippen molar-refractivity contribution in [3.05, 3.63) is 47.7 Å². The van der Waals surface area contributed by atoms with Crippen molar-refractivity contribution < 1.29 is 9.90 Å². The highest BCUT2D eigenvalue weighted by Gasteiger charge is 2.20. The molecule has 28 heavy (non-hydrogen) atoms. The molecule has 1 atom stereocenters. The lowest BCUT2D eigenvalue weighted by molar-refractivity contribution is 0.0868. The van der Waals surface area contributed by atoms with E-state index in [2.05, 4.69) is 15.2 Å². The summed E-state index contributed by atoms with van der Waals surface area (Å²) in [4.78, 5) is 18.9. The van der Waals surface area contributed by atoms with Gasteiger partial charge in [-0.2, -0.15) is 0 Å². The number of aliphatic hydroxyl groups is 1. The molecule has 4 N–H and O–H groups in total. The van der Waals surface area contributed by atoms with Crippen molar-refractivity contribution in [1.82, 2.24) is 15.2 Å². The van der Waals surface area contributed by atoms with Crippen LogP contribution in [0.4, 0.5) is 5.82 Å². The molecule has 1 fully saturated rings. The third-order valence-corrected chi connectivity index (χ3v) is 5.47. The van der Waals surface area contributed by atoms with E-state index >= 15 is 0 Å². The monoisotopic (exact) mass is 382 g/mol. The fraction of sp³-hybridized carbons (Fsp3) is 0.455. The number of hydrogen-bond donors (Lipinski definition) is 3. The molecule has 2 heterocycles. The van der Waals surface area contributed by atoms with Crippen LogP contribution in [-0.4, -0.2) is 53.2 Å². The van der Waals surface area contributed by atoms with Gasteiger partial charge in [0.1, 0.15) is 5.82 Å². The first-order valence-electron chi connectivity index (χ1n) is 10.0. The molecule has 3 rings (SSSR count). The van der Waals surface area contributed by atoms with E-state index in [1.807, 2.05) is 37.3 Å². The van der Waals surface area contributed by atoms with Crippen LogP contribution in [0.25, 0.3) is 11.1 Å². The number of benzene rings is 1. The Hall–Kier alpha value is -2.44. The SMILES string of the molecule is Cc1cc(-c2ccc(C(=O)NCCCN3CCCC[C@H]3CO)cc2)cnc1N. The molecular weight excluding hydrogens is 352 g/mol. The zero-order chi connectivity index (χ0) is 19.9. The van der Waals surface area contributed by atoms with Crippen LogP contribution < -0.4 is 11.1 Å². The molecule has 1 amide bonds. The number of nitrogens with zero attached hydrogens (tertiary/aromatic N) is 2. The molecule has 0 spiro atoms. The first kappa shape index (κ1) is 20.3. The van der Waals surface area contributed by atoms with Gasteiger partial charge in [0.05, 0.1) is 6.61 Å². The van der Waals surface area contributed by atoms with Gasteiger partial charge in [0.25, 0.3) is 5.91 Å². The number of nitrogens with one attached hydrogen (secondary N) is 1. The first-order chi connectivity index (χ1) is 13.6. The smallest absolute Gasteiger partial charge is 0.251 e. The van der Waals surface area contributed by atoms with E-state index in [4.69, 9.17) is 5.73 Å². The Morgan fingerprint density at radius 1 is 1.29 bits per heavy atom. The molecule has 1 saturated heterocycles. The molecular formula is C22H30N4O2.